The van der Waals surface area contributed by atoms with Crippen molar-refractivity contribution in [3.63, 3.8) is 0 Å². The summed E-state index contributed by atoms with van der Waals surface area (Å²) in [5.74, 6) is 0.848. The SMILES string of the molecule is c1ccc(-c2cc(-c3cc(-c4cc(-c5ccccc5)nc(-c5ccccc5)c4)cc(-n4c(-c5ccccc5)nc(-c5ccccc5)c4-c4ccccc4)c3)cc(-c3ccccc3)n2)cc1. The van der Waals surface area contributed by atoms with Crippen LogP contribution in [0.4, 0.5) is 0 Å². The lowest BCUT2D eigenvalue weighted by Gasteiger charge is -2.18. The van der Waals surface area contributed by atoms with E-state index in [1.165, 1.54) is 0 Å². The van der Waals surface area contributed by atoms with Crippen LogP contribution >= 0.6 is 0 Å². The van der Waals surface area contributed by atoms with E-state index in [9.17, 15) is 0 Å². The van der Waals surface area contributed by atoms with Gasteiger partial charge in [-0.2, -0.15) is 0 Å². The molecule has 0 atom stereocenters. The van der Waals surface area contributed by atoms with Crippen LogP contribution in [0.5, 0.6) is 0 Å². The van der Waals surface area contributed by atoms with Gasteiger partial charge in [-0.3, -0.25) is 4.57 Å². The lowest BCUT2D eigenvalue weighted by molar-refractivity contribution is 1.07. The minimum atomic E-state index is 0.848. The Balaban J connectivity index is 1.24. The maximum atomic E-state index is 5.57. The fourth-order valence-electron chi connectivity index (χ4n) is 8.61. The molecule has 0 radical (unpaired) electrons. The fourth-order valence-corrected chi connectivity index (χ4v) is 8.61. The number of imidazole rings is 1. The largest absolute Gasteiger partial charge is 0.292 e. The molecule has 0 bridgehead atoms. The van der Waals surface area contributed by atoms with Crippen molar-refractivity contribution < 1.29 is 0 Å². The Morgan fingerprint density at radius 3 is 0.877 bits per heavy atom. The molecule has 0 unspecified atom stereocenters. The summed E-state index contributed by atoms with van der Waals surface area (Å²) in [6.45, 7) is 0. The van der Waals surface area contributed by atoms with Crippen LogP contribution in [0.15, 0.2) is 255 Å². The molecule has 4 heteroatoms. The minimum Gasteiger partial charge on any atom is -0.292 e. The van der Waals surface area contributed by atoms with Crippen molar-refractivity contribution in [1.82, 2.24) is 19.5 Å². The first-order valence-corrected chi connectivity index (χ1v) is 21.9. The topological polar surface area (TPSA) is 43.6 Å². The van der Waals surface area contributed by atoms with E-state index in [2.05, 4.69) is 235 Å². The van der Waals surface area contributed by atoms with E-state index in [-0.39, 0.29) is 0 Å². The van der Waals surface area contributed by atoms with E-state index in [0.29, 0.717) is 0 Å². The molecule has 0 amide bonds. The number of benzene rings is 8. The van der Waals surface area contributed by atoms with Crippen LogP contribution in [-0.4, -0.2) is 19.5 Å². The third kappa shape index (κ3) is 8.09. The Hall–Kier alpha value is -8.73. The van der Waals surface area contributed by atoms with Gasteiger partial charge in [0.1, 0.15) is 5.82 Å². The first-order chi connectivity index (χ1) is 32.2. The molecule has 65 heavy (non-hydrogen) atoms. The van der Waals surface area contributed by atoms with Crippen molar-refractivity contribution >= 4 is 0 Å². The average Bonchev–Trinajstić information content (AvgIpc) is 3.81. The van der Waals surface area contributed by atoms with Gasteiger partial charge in [-0.1, -0.05) is 212 Å². The molecule has 0 fully saturated rings. The number of hydrogen-bond donors (Lipinski definition) is 0. The van der Waals surface area contributed by atoms with Gasteiger partial charge in [0.15, 0.2) is 0 Å². The lowest BCUT2D eigenvalue weighted by Crippen LogP contribution is -2.02. The molecule has 4 nitrogen and oxygen atoms in total. The zero-order valence-corrected chi connectivity index (χ0v) is 35.5. The minimum absolute atomic E-state index is 0.848. The molecular formula is C61H42N4. The quantitative estimate of drug-likeness (QED) is 0.138. The first-order valence-electron chi connectivity index (χ1n) is 21.9. The van der Waals surface area contributed by atoms with Gasteiger partial charge in [-0.15, -0.1) is 0 Å². The maximum Gasteiger partial charge on any atom is 0.145 e. The van der Waals surface area contributed by atoms with Crippen LogP contribution in [0.3, 0.4) is 0 Å². The van der Waals surface area contributed by atoms with Gasteiger partial charge in [0.25, 0.3) is 0 Å². The van der Waals surface area contributed by atoms with Crippen molar-refractivity contribution in [2.45, 2.75) is 0 Å². The van der Waals surface area contributed by atoms with Gasteiger partial charge >= 0.3 is 0 Å². The smallest absolute Gasteiger partial charge is 0.145 e. The number of nitrogens with zero attached hydrogens (tertiary/aromatic N) is 4. The maximum absolute atomic E-state index is 5.57. The summed E-state index contributed by atoms with van der Waals surface area (Å²) in [6, 6.07) is 89.3. The molecule has 0 N–H and O–H groups in total. The summed E-state index contributed by atoms with van der Waals surface area (Å²) in [6.07, 6.45) is 0. The molecule has 0 aliphatic carbocycles. The molecule has 0 aliphatic rings. The first kappa shape index (κ1) is 39.1. The molecule has 0 saturated heterocycles. The molecule has 0 saturated carbocycles. The Labute approximate surface area is 379 Å². The van der Waals surface area contributed by atoms with Crippen LogP contribution < -0.4 is 0 Å². The van der Waals surface area contributed by atoms with E-state index in [1.807, 2.05) is 24.3 Å². The van der Waals surface area contributed by atoms with Gasteiger partial charge < -0.3 is 0 Å². The van der Waals surface area contributed by atoms with Crippen LogP contribution in [0.1, 0.15) is 0 Å². The summed E-state index contributed by atoms with van der Waals surface area (Å²) in [5, 5.41) is 0. The van der Waals surface area contributed by atoms with Crippen molar-refractivity contribution in [3.8, 4) is 107 Å². The third-order valence-corrected chi connectivity index (χ3v) is 11.8. The predicted molar refractivity (Wildman–Crippen MR) is 268 cm³/mol. The number of aromatic nitrogens is 4. The Bertz CT molecular complexity index is 3110. The van der Waals surface area contributed by atoms with E-state index in [4.69, 9.17) is 15.0 Å². The van der Waals surface area contributed by atoms with Crippen LogP contribution in [0.2, 0.25) is 0 Å². The van der Waals surface area contributed by atoms with Gasteiger partial charge in [-0.25, -0.2) is 15.0 Å². The summed E-state index contributed by atoms with van der Waals surface area (Å²) in [5.41, 5.74) is 18.0. The average molecular weight is 831 g/mol. The number of rotatable bonds is 10. The number of hydrogen-bond acceptors (Lipinski definition) is 3. The molecule has 8 aromatic carbocycles. The second kappa shape index (κ2) is 17.6. The van der Waals surface area contributed by atoms with Crippen molar-refractivity contribution in [1.29, 1.82) is 0 Å². The van der Waals surface area contributed by atoms with Gasteiger partial charge in [0, 0.05) is 44.6 Å². The molecule has 11 rings (SSSR count). The van der Waals surface area contributed by atoms with E-state index in [0.717, 1.165) is 107 Å². The molecule has 3 heterocycles. The summed E-state index contributed by atoms with van der Waals surface area (Å²) in [4.78, 5) is 16.1. The lowest BCUT2D eigenvalue weighted by atomic mass is 9.94. The molecule has 0 spiro atoms. The van der Waals surface area contributed by atoms with Crippen molar-refractivity contribution in [2.75, 3.05) is 0 Å². The van der Waals surface area contributed by atoms with E-state index in [1.54, 1.807) is 0 Å². The zero-order chi connectivity index (χ0) is 43.4. The normalized spacial score (nSPS) is 11.1. The summed E-state index contributed by atoms with van der Waals surface area (Å²) in [7, 11) is 0. The Kier molecular flexibility index (Phi) is 10.6. The van der Waals surface area contributed by atoms with Crippen LogP contribution in [0, 0.1) is 0 Å². The zero-order valence-electron chi connectivity index (χ0n) is 35.5. The van der Waals surface area contributed by atoms with Gasteiger partial charge in [0.05, 0.1) is 34.2 Å². The second-order valence-electron chi connectivity index (χ2n) is 16.1. The summed E-state index contributed by atoms with van der Waals surface area (Å²) >= 11 is 0. The molecular weight excluding hydrogens is 789 g/mol. The molecule has 3 aromatic heterocycles. The summed E-state index contributed by atoms with van der Waals surface area (Å²) < 4.78 is 2.36. The van der Waals surface area contributed by atoms with E-state index < -0.39 is 0 Å². The fraction of sp³-hybridized carbons (Fsp3) is 0. The number of pyridine rings is 2. The van der Waals surface area contributed by atoms with Gasteiger partial charge in [-0.05, 0) is 64.7 Å². The molecule has 0 aliphatic heterocycles. The highest BCUT2D eigenvalue weighted by atomic mass is 15.1. The Morgan fingerprint density at radius 2 is 0.523 bits per heavy atom. The second-order valence-corrected chi connectivity index (χ2v) is 16.1. The standard InChI is InChI=1S/C61H42N4/c1-8-22-43(23-9-1)55-39-52(40-56(62-55)44-24-10-2-11-25-44)50-36-51(53-41-57(45-26-12-3-13-27-45)63-58(42-53)46-28-14-4-15-29-46)38-54(37-50)65-60(48-32-18-6-19-33-48)59(47-30-16-5-17-31-47)64-61(65)49-34-20-7-21-35-49/h1-42H. The monoisotopic (exact) mass is 830 g/mol. The van der Waals surface area contributed by atoms with Crippen LogP contribution in [0.25, 0.3) is 107 Å². The van der Waals surface area contributed by atoms with Gasteiger partial charge in [0.2, 0.25) is 0 Å². The molecule has 306 valence electrons. The third-order valence-electron chi connectivity index (χ3n) is 11.8. The highest BCUT2D eigenvalue weighted by Gasteiger charge is 2.24. The van der Waals surface area contributed by atoms with Crippen molar-refractivity contribution in [3.05, 3.63) is 255 Å². The highest BCUT2D eigenvalue weighted by Crippen LogP contribution is 2.42. The Morgan fingerprint density at radius 1 is 0.231 bits per heavy atom. The predicted octanol–water partition coefficient (Wildman–Crippen LogP) is 15.7. The highest BCUT2D eigenvalue weighted by molar-refractivity contribution is 5.88. The van der Waals surface area contributed by atoms with Crippen LogP contribution in [-0.2, 0) is 0 Å². The molecule has 11 aromatic rings. The van der Waals surface area contributed by atoms with Crippen molar-refractivity contribution in [2.24, 2.45) is 0 Å². The van der Waals surface area contributed by atoms with E-state index >= 15 is 0 Å².